The Morgan fingerprint density at radius 3 is 3.08 bits per heavy atom. The Hall–Kier alpha value is -0.870. The van der Waals surface area contributed by atoms with Crippen LogP contribution in [0, 0.1) is 0 Å². The van der Waals surface area contributed by atoms with Crippen molar-refractivity contribution in [1.82, 2.24) is 10.3 Å². The summed E-state index contributed by atoms with van der Waals surface area (Å²) in [5.74, 6) is 0. The first-order chi connectivity index (χ1) is 6.45. The topological polar surface area (TPSA) is 47.3 Å². The smallest absolute Gasteiger partial charge is 0.180 e. The summed E-state index contributed by atoms with van der Waals surface area (Å²) in [4.78, 5) is 3.99. The number of oxazole rings is 1. The molecular formula is C9H14N2O2. The van der Waals surface area contributed by atoms with Crippen molar-refractivity contribution < 1.29 is 9.15 Å². The van der Waals surface area contributed by atoms with E-state index < -0.39 is 0 Å². The molecule has 0 spiro atoms. The van der Waals surface area contributed by atoms with E-state index in [9.17, 15) is 0 Å². The molecule has 0 atom stereocenters. The number of ether oxygens (including phenoxy) is 1. The summed E-state index contributed by atoms with van der Waals surface area (Å²) >= 11 is 0. The molecule has 0 amide bonds. The molecule has 0 aromatic carbocycles. The summed E-state index contributed by atoms with van der Waals surface area (Å²) in [5.41, 5.74) is 0.874. The molecule has 1 saturated heterocycles. The predicted octanol–water partition coefficient (Wildman–Crippen LogP) is 0.943. The molecule has 1 fully saturated rings. The van der Waals surface area contributed by atoms with Gasteiger partial charge in [0, 0.05) is 0 Å². The zero-order valence-electron chi connectivity index (χ0n) is 7.53. The van der Waals surface area contributed by atoms with E-state index in [-0.39, 0.29) is 0 Å². The van der Waals surface area contributed by atoms with Crippen LogP contribution in [0.1, 0.15) is 18.5 Å². The predicted molar refractivity (Wildman–Crippen MR) is 47.2 cm³/mol. The Bertz CT molecular complexity index is 230. The summed E-state index contributed by atoms with van der Waals surface area (Å²) in [5, 5.41) is 3.29. The molecule has 0 radical (unpaired) electrons. The monoisotopic (exact) mass is 182 g/mol. The number of piperidine rings is 1. The van der Waals surface area contributed by atoms with Gasteiger partial charge in [-0.05, 0) is 25.9 Å². The van der Waals surface area contributed by atoms with Gasteiger partial charge in [-0.15, -0.1) is 0 Å². The van der Waals surface area contributed by atoms with Crippen molar-refractivity contribution in [1.29, 1.82) is 0 Å². The van der Waals surface area contributed by atoms with Crippen LogP contribution in [0.4, 0.5) is 0 Å². The zero-order chi connectivity index (χ0) is 8.93. The minimum atomic E-state index is 0.387. The Kier molecular flexibility index (Phi) is 2.94. The molecule has 1 aliphatic heterocycles. The maximum absolute atomic E-state index is 5.66. The zero-order valence-corrected chi connectivity index (χ0v) is 7.53. The molecule has 2 rings (SSSR count). The fraction of sp³-hybridized carbons (Fsp3) is 0.667. The van der Waals surface area contributed by atoms with E-state index in [1.54, 1.807) is 6.26 Å². The van der Waals surface area contributed by atoms with E-state index in [2.05, 4.69) is 10.3 Å². The van der Waals surface area contributed by atoms with Gasteiger partial charge in [-0.3, -0.25) is 0 Å². The molecule has 1 aliphatic rings. The molecule has 0 unspecified atom stereocenters. The first kappa shape index (κ1) is 8.72. The summed E-state index contributed by atoms with van der Waals surface area (Å²) in [6.45, 7) is 2.69. The average Bonchev–Trinajstić information content (AvgIpc) is 2.69. The fourth-order valence-electron chi connectivity index (χ4n) is 1.47. The molecule has 1 N–H and O–H groups in total. The summed E-state index contributed by atoms with van der Waals surface area (Å²) in [6.07, 6.45) is 5.63. The Morgan fingerprint density at radius 2 is 2.38 bits per heavy atom. The SMILES string of the molecule is c1nc(COC2CCNCC2)co1. The average molecular weight is 182 g/mol. The van der Waals surface area contributed by atoms with E-state index in [0.717, 1.165) is 31.6 Å². The second kappa shape index (κ2) is 4.39. The highest BCUT2D eigenvalue weighted by atomic mass is 16.5. The van der Waals surface area contributed by atoms with Gasteiger partial charge < -0.3 is 14.5 Å². The third-order valence-electron chi connectivity index (χ3n) is 2.24. The van der Waals surface area contributed by atoms with E-state index in [0.29, 0.717) is 12.7 Å². The summed E-state index contributed by atoms with van der Waals surface area (Å²) in [7, 11) is 0. The van der Waals surface area contributed by atoms with Gasteiger partial charge in [-0.2, -0.15) is 0 Å². The van der Waals surface area contributed by atoms with Crippen LogP contribution in [0.2, 0.25) is 0 Å². The largest absolute Gasteiger partial charge is 0.451 e. The first-order valence-corrected chi connectivity index (χ1v) is 4.64. The standard InChI is InChI=1S/C9H14N2O2/c1-3-10-4-2-9(1)13-6-8-5-12-7-11-8/h5,7,9-10H,1-4,6H2. The Morgan fingerprint density at radius 1 is 1.54 bits per heavy atom. The molecule has 13 heavy (non-hydrogen) atoms. The van der Waals surface area contributed by atoms with Gasteiger partial charge >= 0.3 is 0 Å². The minimum Gasteiger partial charge on any atom is -0.451 e. The van der Waals surface area contributed by atoms with Crippen LogP contribution in [0.25, 0.3) is 0 Å². The van der Waals surface area contributed by atoms with Crippen LogP contribution in [0.15, 0.2) is 17.1 Å². The maximum Gasteiger partial charge on any atom is 0.180 e. The summed E-state index contributed by atoms with van der Waals surface area (Å²) < 4.78 is 10.5. The fourth-order valence-corrected chi connectivity index (χ4v) is 1.47. The highest BCUT2D eigenvalue weighted by molar-refractivity contribution is 4.87. The highest BCUT2D eigenvalue weighted by Crippen LogP contribution is 2.09. The molecule has 0 saturated carbocycles. The normalized spacial score (nSPS) is 19.1. The number of aromatic nitrogens is 1. The molecule has 1 aromatic heterocycles. The van der Waals surface area contributed by atoms with Crippen molar-refractivity contribution in [2.75, 3.05) is 13.1 Å². The quantitative estimate of drug-likeness (QED) is 0.755. The van der Waals surface area contributed by atoms with Crippen molar-refractivity contribution in [2.24, 2.45) is 0 Å². The van der Waals surface area contributed by atoms with Gasteiger partial charge in [0.05, 0.1) is 12.7 Å². The third kappa shape index (κ3) is 2.54. The van der Waals surface area contributed by atoms with Crippen LogP contribution in [0.3, 0.4) is 0 Å². The van der Waals surface area contributed by atoms with Crippen LogP contribution in [0.5, 0.6) is 0 Å². The molecule has 0 bridgehead atoms. The van der Waals surface area contributed by atoms with Crippen LogP contribution < -0.4 is 5.32 Å². The van der Waals surface area contributed by atoms with E-state index in [1.165, 1.54) is 6.39 Å². The lowest BCUT2D eigenvalue weighted by molar-refractivity contribution is 0.0195. The second-order valence-electron chi connectivity index (χ2n) is 3.24. The lowest BCUT2D eigenvalue weighted by atomic mass is 10.1. The molecule has 4 nitrogen and oxygen atoms in total. The first-order valence-electron chi connectivity index (χ1n) is 4.64. The Labute approximate surface area is 77.3 Å². The van der Waals surface area contributed by atoms with Crippen molar-refractivity contribution in [3.8, 4) is 0 Å². The van der Waals surface area contributed by atoms with Gasteiger partial charge in [0.1, 0.15) is 12.0 Å². The van der Waals surface area contributed by atoms with Crippen molar-refractivity contribution in [3.05, 3.63) is 18.4 Å². The summed E-state index contributed by atoms with van der Waals surface area (Å²) in [6, 6.07) is 0. The maximum atomic E-state index is 5.66. The minimum absolute atomic E-state index is 0.387. The van der Waals surface area contributed by atoms with Crippen LogP contribution in [-0.2, 0) is 11.3 Å². The van der Waals surface area contributed by atoms with Crippen LogP contribution in [-0.4, -0.2) is 24.2 Å². The molecular weight excluding hydrogens is 168 g/mol. The number of nitrogens with zero attached hydrogens (tertiary/aromatic N) is 1. The van der Waals surface area contributed by atoms with E-state index in [4.69, 9.17) is 9.15 Å². The van der Waals surface area contributed by atoms with Gasteiger partial charge in [-0.25, -0.2) is 4.98 Å². The third-order valence-corrected chi connectivity index (χ3v) is 2.24. The lowest BCUT2D eigenvalue weighted by Crippen LogP contribution is -2.32. The number of nitrogens with one attached hydrogen (secondary N) is 1. The molecule has 0 aliphatic carbocycles. The second-order valence-corrected chi connectivity index (χ2v) is 3.24. The van der Waals surface area contributed by atoms with Gasteiger partial charge in [0.25, 0.3) is 0 Å². The molecule has 72 valence electrons. The van der Waals surface area contributed by atoms with Crippen LogP contribution >= 0.6 is 0 Å². The van der Waals surface area contributed by atoms with Gasteiger partial charge in [0.15, 0.2) is 6.39 Å². The van der Waals surface area contributed by atoms with Crippen molar-refractivity contribution in [2.45, 2.75) is 25.6 Å². The lowest BCUT2D eigenvalue weighted by Gasteiger charge is -2.22. The van der Waals surface area contributed by atoms with E-state index in [1.807, 2.05) is 0 Å². The van der Waals surface area contributed by atoms with Gasteiger partial charge in [0.2, 0.25) is 0 Å². The van der Waals surface area contributed by atoms with Crippen molar-refractivity contribution in [3.63, 3.8) is 0 Å². The molecule has 1 aromatic rings. The molecule has 4 heteroatoms. The number of hydrogen-bond acceptors (Lipinski definition) is 4. The number of rotatable bonds is 3. The van der Waals surface area contributed by atoms with E-state index >= 15 is 0 Å². The molecule has 2 heterocycles. The van der Waals surface area contributed by atoms with Crippen molar-refractivity contribution >= 4 is 0 Å². The van der Waals surface area contributed by atoms with Gasteiger partial charge in [-0.1, -0.05) is 0 Å². The highest BCUT2D eigenvalue weighted by Gasteiger charge is 2.13. The Balaban J connectivity index is 1.72. The number of hydrogen-bond donors (Lipinski definition) is 1.